The fourth-order valence-electron chi connectivity index (χ4n) is 5.44. The number of benzene rings is 3. The molecule has 0 bridgehead atoms. The molecule has 0 N–H and O–H groups in total. The van der Waals surface area contributed by atoms with E-state index in [1.54, 1.807) is 34.6 Å². The van der Waals surface area contributed by atoms with E-state index in [1.165, 1.54) is 6.07 Å². The number of nitro groups is 1. The number of nitro benzene ring substituents is 1. The predicted octanol–water partition coefficient (Wildman–Crippen LogP) is 4.91. The number of carbonyl (C=O) groups excluding carboxylic acids is 1. The van der Waals surface area contributed by atoms with Gasteiger partial charge in [0, 0.05) is 43.4 Å². The lowest BCUT2D eigenvalue weighted by molar-refractivity contribution is -0.385. The minimum Gasteiger partial charge on any atom is -0.494 e. The molecule has 0 saturated carbocycles. The molecular formula is C31H33N5O5. The molecule has 0 spiro atoms. The highest BCUT2D eigenvalue weighted by Gasteiger charge is 2.30. The molecule has 5 rings (SSSR count). The first kappa shape index (κ1) is 28.0. The Balaban J connectivity index is 1.44. The summed E-state index contributed by atoms with van der Waals surface area (Å²) in [6.45, 7) is 8.26. The summed E-state index contributed by atoms with van der Waals surface area (Å²) in [6, 6.07) is 19.2. The van der Waals surface area contributed by atoms with Gasteiger partial charge in [0.1, 0.15) is 11.6 Å². The van der Waals surface area contributed by atoms with E-state index in [2.05, 4.69) is 11.8 Å². The molecule has 1 atom stereocenters. The zero-order valence-corrected chi connectivity index (χ0v) is 23.4. The van der Waals surface area contributed by atoms with Crippen LogP contribution in [0.5, 0.6) is 5.75 Å². The Bertz CT molecular complexity index is 1640. The van der Waals surface area contributed by atoms with Crippen molar-refractivity contribution < 1.29 is 14.5 Å². The maximum atomic E-state index is 13.8. The number of aromatic nitrogens is 2. The predicted molar refractivity (Wildman–Crippen MR) is 157 cm³/mol. The van der Waals surface area contributed by atoms with Gasteiger partial charge in [-0.2, -0.15) is 0 Å². The van der Waals surface area contributed by atoms with E-state index in [0.29, 0.717) is 72.7 Å². The summed E-state index contributed by atoms with van der Waals surface area (Å²) in [6.07, 6.45) is 0.708. The molecule has 212 valence electrons. The summed E-state index contributed by atoms with van der Waals surface area (Å²) >= 11 is 0. The number of hydrogen-bond acceptors (Lipinski definition) is 7. The van der Waals surface area contributed by atoms with Crippen LogP contribution < -0.4 is 10.3 Å². The Morgan fingerprint density at radius 2 is 1.73 bits per heavy atom. The maximum Gasteiger partial charge on any atom is 0.273 e. The minimum atomic E-state index is -0.462. The fraction of sp³-hybridized carbons (Fsp3) is 0.323. The van der Waals surface area contributed by atoms with E-state index in [0.717, 1.165) is 5.75 Å². The monoisotopic (exact) mass is 555 g/mol. The van der Waals surface area contributed by atoms with E-state index in [-0.39, 0.29) is 23.2 Å². The summed E-state index contributed by atoms with van der Waals surface area (Å²) in [7, 11) is 0. The van der Waals surface area contributed by atoms with Crippen molar-refractivity contribution in [2.75, 3.05) is 32.8 Å². The van der Waals surface area contributed by atoms with Crippen LogP contribution in [0.3, 0.4) is 0 Å². The van der Waals surface area contributed by atoms with Gasteiger partial charge in [-0.05, 0) is 62.7 Å². The molecule has 1 amide bonds. The lowest BCUT2D eigenvalue weighted by Crippen LogP contribution is -2.50. The van der Waals surface area contributed by atoms with Crippen LogP contribution in [0.25, 0.3) is 16.6 Å². The Morgan fingerprint density at radius 3 is 2.39 bits per heavy atom. The molecule has 1 saturated heterocycles. The number of fused-ring (bicyclic) bond motifs is 1. The van der Waals surface area contributed by atoms with Gasteiger partial charge in [0.2, 0.25) is 0 Å². The normalized spacial score (nSPS) is 14.7. The third-order valence-electron chi connectivity index (χ3n) is 7.59. The number of piperazine rings is 1. The number of carbonyl (C=O) groups is 1. The van der Waals surface area contributed by atoms with Gasteiger partial charge in [0.15, 0.2) is 0 Å². The minimum absolute atomic E-state index is 0.0600. The molecule has 10 nitrogen and oxygen atoms in total. The highest BCUT2D eigenvalue weighted by Crippen LogP contribution is 2.28. The van der Waals surface area contributed by atoms with Crippen molar-refractivity contribution in [3.63, 3.8) is 0 Å². The number of ether oxygens (including phenoxy) is 1. The summed E-state index contributed by atoms with van der Waals surface area (Å²) in [5.41, 5.74) is 1.98. The highest BCUT2D eigenvalue weighted by molar-refractivity contribution is 5.95. The first-order valence-corrected chi connectivity index (χ1v) is 13.9. The van der Waals surface area contributed by atoms with Gasteiger partial charge in [-0.25, -0.2) is 4.98 Å². The van der Waals surface area contributed by atoms with Crippen molar-refractivity contribution in [1.29, 1.82) is 0 Å². The smallest absolute Gasteiger partial charge is 0.273 e. The Hall–Kier alpha value is -4.57. The number of aryl methyl sites for hydroxylation is 1. The SMILES string of the molecule is CCOc1ccc(-n2c(C(CC)N3CCN(C(=O)c4ccc(C)c([N+](=O)[O-])c4)CC3)nc3ccccc3c2=O)cc1. The van der Waals surface area contributed by atoms with Crippen LogP contribution in [0.1, 0.15) is 48.1 Å². The van der Waals surface area contributed by atoms with Crippen molar-refractivity contribution in [2.24, 2.45) is 0 Å². The zero-order chi connectivity index (χ0) is 29.1. The number of amides is 1. The Labute approximate surface area is 237 Å². The highest BCUT2D eigenvalue weighted by atomic mass is 16.6. The van der Waals surface area contributed by atoms with Gasteiger partial charge < -0.3 is 9.64 Å². The second kappa shape index (κ2) is 11.9. The molecule has 0 aliphatic carbocycles. The topological polar surface area (TPSA) is 111 Å². The van der Waals surface area contributed by atoms with Gasteiger partial charge in [-0.15, -0.1) is 0 Å². The van der Waals surface area contributed by atoms with Gasteiger partial charge in [-0.1, -0.05) is 25.1 Å². The molecule has 1 fully saturated rings. The lowest BCUT2D eigenvalue weighted by Gasteiger charge is -2.39. The van der Waals surface area contributed by atoms with Gasteiger partial charge >= 0.3 is 0 Å². The molecule has 1 aliphatic heterocycles. The molecule has 2 heterocycles. The summed E-state index contributed by atoms with van der Waals surface area (Å²) in [4.78, 5) is 47.0. The van der Waals surface area contributed by atoms with Gasteiger partial charge in [-0.3, -0.25) is 29.2 Å². The molecule has 41 heavy (non-hydrogen) atoms. The molecule has 10 heteroatoms. The molecule has 1 unspecified atom stereocenters. The van der Waals surface area contributed by atoms with Crippen LogP contribution in [0.2, 0.25) is 0 Å². The van der Waals surface area contributed by atoms with E-state index in [4.69, 9.17) is 9.72 Å². The molecule has 4 aromatic rings. The van der Waals surface area contributed by atoms with Crippen molar-refractivity contribution in [2.45, 2.75) is 33.2 Å². The van der Waals surface area contributed by atoms with Crippen molar-refractivity contribution >= 4 is 22.5 Å². The summed E-state index contributed by atoms with van der Waals surface area (Å²) < 4.78 is 7.29. The second-order valence-corrected chi connectivity index (χ2v) is 10.1. The maximum absolute atomic E-state index is 13.8. The molecule has 1 aliphatic rings. The van der Waals surface area contributed by atoms with Crippen molar-refractivity contribution in [1.82, 2.24) is 19.4 Å². The van der Waals surface area contributed by atoms with Crippen LogP contribution in [0.4, 0.5) is 5.69 Å². The average molecular weight is 556 g/mol. The van der Waals surface area contributed by atoms with E-state index >= 15 is 0 Å². The fourth-order valence-corrected chi connectivity index (χ4v) is 5.44. The number of hydrogen-bond donors (Lipinski definition) is 0. The van der Waals surface area contributed by atoms with E-state index in [1.807, 2.05) is 49.4 Å². The zero-order valence-electron chi connectivity index (χ0n) is 23.4. The van der Waals surface area contributed by atoms with Crippen molar-refractivity contribution in [3.8, 4) is 11.4 Å². The molecule has 0 radical (unpaired) electrons. The van der Waals surface area contributed by atoms with Crippen LogP contribution in [0, 0.1) is 17.0 Å². The second-order valence-electron chi connectivity index (χ2n) is 10.1. The molecule has 1 aromatic heterocycles. The van der Waals surface area contributed by atoms with Crippen LogP contribution in [-0.4, -0.2) is 63.0 Å². The van der Waals surface area contributed by atoms with Gasteiger partial charge in [0.25, 0.3) is 17.2 Å². The first-order valence-electron chi connectivity index (χ1n) is 13.9. The average Bonchev–Trinajstić information content (AvgIpc) is 2.98. The van der Waals surface area contributed by atoms with Crippen molar-refractivity contribution in [3.05, 3.63) is 104 Å². The van der Waals surface area contributed by atoms with E-state index in [9.17, 15) is 19.7 Å². The Kier molecular flexibility index (Phi) is 8.11. The van der Waals surface area contributed by atoms with Crippen LogP contribution in [0.15, 0.2) is 71.5 Å². The number of para-hydroxylation sites is 1. The van der Waals surface area contributed by atoms with Crippen LogP contribution >= 0.6 is 0 Å². The third kappa shape index (κ3) is 5.55. The third-order valence-corrected chi connectivity index (χ3v) is 7.59. The molecular weight excluding hydrogens is 522 g/mol. The number of nitrogens with zero attached hydrogens (tertiary/aromatic N) is 5. The number of rotatable bonds is 8. The first-order chi connectivity index (χ1) is 19.8. The largest absolute Gasteiger partial charge is 0.494 e. The van der Waals surface area contributed by atoms with Gasteiger partial charge in [0.05, 0.1) is 34.2 Å². The van der Waals surface area contributed by atoms with Crippen LogP contribution in [-0.2, 0) is 0 Å². The Morgan fingerprint density at radius 1 is 1.02 bits per heavy atom. The summed E-state index contributed by atoms with van der Waals surface area (Å²) in [5.74, 6) is 1.15. The van der Waals surface area contributed by atoms with E-state index < -0.39 is 4.92 Å². The quantitative estimate of drug-likeness (QED) is 0.224. The molecule has 3 aromatic carbocycles. The standard InChI is InChI=1S/C31H33N5O5/c1-4-27(33-16-18-34(19-17-33)30(37)22-11-10-21(3)28(20-22)36(39)40)29-32-26-9-7-6-8-25(26)31(38)35(29)23-12-14-24(15-13-23)41-5-2/h6-15,20,27H,4-5,16-19H2,1-3H3. The lowest BCUT2D eigenvalue weighted by atomic mass is 10.1. The summed E-state index contributed by atoms with van der Waals surface area (Å²) in [5, 5.41) is 11.9.